The highest BCUT2D eigenvalue weighted by atomic mass is 35.5. The Bertz CT molecular complexity index is 168. The van der Waals surface area contributed by atoms with E-state index >= 15 is 0 Å². The van der Waals surface area contributed by atoms with Gasteiger partial charge in [0.15, 0.2) is 0 Å². The maximum atomic E-state index is 10.3. The molecular weight excluding hydrogens is 224 g/mol. The van der Waals surface area contributed by atoms with Gasteiger partial charge in [0.05, 0.1) is 6.61 Å². The second-order valence-corrected chi connectivity index (χ2v) is 2.88. The highest BCUT2D eigenvalue weighted by molar-refractivity contribution is 6.60. The van der Waals surface area contributed by atoms with Gasteiger partial charge in [-0.05, 0) is 6.42 Å². The molecule has 0 aliphatic rings. The molecule has 0 heterocycles. The summed E-state index contributed by atoms with van der Waals surface area (Å²) in [6, 6.07) is 0. The van der Waals surface area contributed by atoms with Crippen LogP contribution < -0.4 is 0 Å². The van der Waals surface area contributed by atoms with Crippen LogP contribution in [0.25, 0.3) is 0 Å². The number of carbonyl (C=O) groups is 2. The van der Waals surface area contributed by atoms with Crippen molar-refractivity contribution in [2.45, 2.75) is 26.7 Å². The Balaban J connectivity index is 0. The number of carbonyl (C=O) groups excluding carboxylic acids is 1. The molecule has 0 aromatic rings. The zero-order valence-corrected chi connectivity index (χ0v) is 9.75. The van der Waals surface area contributed by atoms with Crippen LogP contribution in [0.4, 0.5) is 4.79 Å². The molecule has 90 valence electrons. The van der Waals surface area contributed by atoms with E-state index < -0.39 is 5.43 Å². The second-order valence-electron chi connectivity index (χ2n) is 2.56. The third kappa shape index (κ3) is 31.9. The van der Waals surface area contributed by atoms with E-state index in [1.165, 1.54) is 6.92 Å². The zero-order valence-electron chi connectivity index (χ0n) is 8.99. The number of esters is 1. The van der Waals surface area contributed by atoms with Crippen LogP contribution in [0.1, 0.15) is 26.7 Å². The van der Waals surface area contributed by atoms with Crippen LogP contribution in [0.5, 0.6) is 0 Å². The molecule has 0 saturated carbocycles. The van der Waals surface area contributed by atoms with Crippen LogP contribution in [0.3, 0.4) is 0 Å². The number of carboxylic acid groups (broad SMARTS) is 1. The lowest BCUT2D eigenvalue weighted by Gasteiger charge is -2.02. The van der Waals surface area contributed by atoms with E-state index in [1.54, 1.807) is 0 Å². The smallest absolute Gasteiger partial charge is 0.401 e. The lowest BCUT2D eigenvalue weighted by atomic mass is 10.4. The van der Waals surface area contributed by atoms with Gasteiger partial charge >= 0.3 is 11.4 Å². The van der Waals surface area contributed by atoms with Gasteiger partial charge in [0.1, 0.15) is 6.61 Å². The quantitative estimate of drug-likeness (QED) is 0.438. The van der Waals surface area contributed by atoms with Gasteiger partial charge in [-0.2, -0.15) is 0 Å². The van der Waals surface area contributed by atoms with Crippen molar-refractivity contribution in [1.82, 2.24) is 0 Å². The minimum atomic E-state index is -1.36. The Morgan fingerprint density at radius 3 is 2.20 bits per heavy atom. The fourth-order valence-electron chi connectivity index (χ4n) is 0.593. The first kappa shape index (κ1) is 16.6. The van der Waals surface area contributed by atoms with Crippen LogP contribution >= 0.6 is 11.6 Å². The predicted octanol–water partition coefficient (Wildman–Crippen LogP) is 2.27. The van der Waals surface area contributed by atoms with Gasteiger partial charge in [0.2, 0.25) is 0 Å². The van der Waals surface area contributed by atoms with Crippen LogP contribution in [0.15, 0.2) is 0 Å². The molecular formula is C9H17ClO5. The van der Waals surface area contributed by atoms with E-state index in [0.717, 1.165) is 19.4 Å². The molecule has 0 amide bonds. The largest absolute Gasteiger partial charge is 0.469 e. The summed E-state index contributed by atoms with van der Waals surface area (Å²) in [6.07, 6.45) is 2.20. The van der Waals surface area contributed by atoms with Crippen LogP contribution in [0.2, 0.25) is 0 Å². The third-order valence-electron chi connectivity index (χ3n) is 1.18. The first-order valence-corrected chi connectivity index (χ1v) is 4.98. The molecule has 0 rings (SSSR count). The van der Waals surface area contributed by atoms with Crippen molar-refractivity contribution < 1.29 is 24.2 Å². The standard InChI is InChI=1S/C8H16O3.CHClO2/c1-3-4-5-10-6-7-11-8(2)9;2-1(3)4/h3-7H2,1-2H3;(H,3,4). The minimum Gasteiger partial charge on any atom is -0.469 e. The van der Waals surface area contributed by atoms with E-state index in [2.05, 4.69) is 23.3 Å². The summed E-state index contributed by atoms with van der Waals surface area (Å²) in [5.41, 5.74) is -1.36. The molecule has 0 spiro atoms. The Morgan fingerprint density at radius 1 is 1.27 bits per heavy atom. The van der Waals surface area contributed by atoms with E-state index in [9.17, 15) is 4.79 Å². The number of unbranched alkanes of at least 4 members (excludes halogenated alkanes) is 1. The lowest BCUT2D eigenvalue weighted by molar-refractivity contribution is -0.142. The number of hydrogen-bond donors (Lipinski definition) is 1. The van der Waals surface area contributed by atoms with E-state index in [-0.39, 0.29) is 5.97 Å². The van der Waals surface area contributed by atoms with E-state index in [1.807, 2.05) is 0 Å². The molecule has 0 aliphatic carbocycles. The van der Waals surface area contributed by atoms with Gasteiger partial charge in [-0.25, -0.2) is 4.79 Å². The zero-order chi connectivity index (χ0) is 12.1. The van der Waals surface area contributed by atoms with Gasteiger partial charge in [-0.1, -0.05) is 13.3 Å². The number of ether oxygens (including phenoxy) is 2. The molecule has 5 nitrogen and oxygen atoms in total. The summed E-state index contributed by atoms with van der Waals surface area (Å²) < 4.78 is 9.81. The molecule has 0 unspecified atom stereocenters. The normalized spacial score (nSPS) is 8.73. The molecule has 1 N–H and O–H groups in total. The third-order valence-corrected chi connectivity index (χ3v) is 1.18. The molecule has 0 aliphatic heterocycles. The van der Waals surface area contributed by atoms with Crippen molar-refractivity contribution in [3.05, 3.63) is 0 Å². The van der Waals surface area contributed by atoms with Crippen molar-refractivity contribution in [2.24, 2.45) is 0 Å². The Morgan fingerprint density at radius 2 is 1.80 bits per heavy atom. The average Bonchev–Trinajstić information content (AvgIpc) is 2.09. The molecule has 0 saturated heterocycles. The molecule has 0 bridgehead atoms. The number of rotatable bonds is 6. The predicted molar refractivity (Wildman–Crippen MR) is 56.2 cm³/mol. The van der Waals surface area contributed by atoms with E-state index in [0.29, 0.717) is 13.2 Å². The average molecular weight is 241 g/mol. The highest BCUT2D eigenvalue weighted by Gasteiger charge is 1.91. The number of hydrogen-bond acceptors (Lipinski definition) is 4. The Labute approximate surface area is 94.3 Å². The summed E-state index contributed by atoms with van der Waals surface area (Å²) in [5.74, 6) is -0.246. The van der Waals surface area contributed by atoms with Crippen LogP contribution in [-0.2, 0) is 14.3 Å². The lowest BCUT2D eigenvalue weighted by Crippen LogP contribution is -2.07. The maximum Gasteiger partial charge on any atom is 0.401 e. The van der Waals surface area contributed by atoms with Crippen LogP contribution in [0, 0.1) is 0 Å². The van der Waals surface area contributed by atoms with Gasteiger partial charge in [0, 0.05) is 25.1 Å². The van der Waals surface area contributed by atoms with Gasteiger partial charge in [-0.15, -0.1) is 0 Å². The van der Waals surface area contributed by atoms with Gasteiger partial charge < -0.3 is 14.6 Å². The summed E-state index contributed by atoms with van der Waals surface area (Å²) in [7, 11) is 0. The fraction of sp³-hybridized carbons (Fsp3) is 0.778. The summed E-state index contributed by atoms with van der Waals surface area (Å²) >= 11 is 4.19. The monoisotopic (exact) mass is 240 g/mol. The van der Waals surface area contributed by atoms with Crippen molar-refractivity contribution in [3.8, 4) is 0 Å². The molecule has 15 heavy (non-hydrogen) atoms. The first-order valence-electron chi connectivity index (χ1n) is 4.60. The highest BCUT2D eigenvalue weighted by Crippen LogP contribution is 1.87. The van der Waals surface area contributed by atoms with Gasteiger partial charge in [-0.3, -0.25) is 4.79 Å². The minimum absolute atomic E-state index is 0.246. The van der Waals surface area contributed by atoms with Crippen LogP contribution in [-0.4, -0.2) is 36.3 Å². The number of halogens is 1. The van der Waals surface area contributed by atoms with Crippen molar-refractivity contribution in [2.75, 3.05) is 19.8 Å². The maximum absolute atomic E-state index is 10.3. The Kier molecular flexibility index (Phi) is 14.6. The summed E-state index contributed by atoms with van der Waals surface area (Å²) in [4.78, 5) is 19.0. The second kappa shape index (κ2) is 13.2. The van der Waals surface area contributed by atoms with Crippen molar-refractivity contribution in [1.29, 1.82) is 0 Å². The SMILES string of the molecule is CCCCOCCOC(C)=O.O=C(O)Cl. The summed E-state index contributed by atoms with van der Waals surface area (Å²) in [5, 5.41) is 7.18. The van der Waals surface area contributed by atoms with Crippen molar-refractivity contribution in [3.63, 3.8) is 0 Å². The van der Waals surface area contributed by atoms with E-state index in [4.69, 9.17) is 14.6 Å². The summed E-state index contributed by atoms with van der Waals surface area (Å²) in [6.45, 7) is 5.15. The molecule has 0 aromatic carbocycles. The Hall–Kier alpha value is -0.810. The molecule has 6 heteroatoms. The fourth-order valence-corrected chi connectivity index (χ4v) is 0.593. The molecule has 0 fully saturated rings. The first-order chi connectivity index (χ1) is 7.00. The van der Waals surface area contributed by atoms with Gasteiger partial charge in [0.25, 0.3) is 0 Å². The topological polar surface area (TPSA) is 72.8 Å². The molecule has 0 radical (unpaired) electrons. The molecule has 0 aromatic heterocycles. The molecule has 0 atom stereocenters. The van der Waals surface area contributed by atoms with Crippen molar-refractivity contribution >= 4 is 23.0 Å².